The average Bonchev–Trinajstić information content (AvgIpc) is 3.62. The Morgan fingerprint density at radius 2 is 1.12 bits per heavy atom. The summed E-state index contributed by atoms with van der Waals surface area (Å²) in [7, 11) is -3.17. The molecule has 16 heteroatoms. The highest BCUT2D eigenvalue weighted by molar-refractivity contribution is 7.88. The highest BCUT2D eigenvalue weighted by atomic mass is 32.2. The molecule has 2 aromatic heterocycles. The number of carbonyl (C=O) groups excluding carboxylic acids is 2. The molecule has 0 amide bonds. The topological polar surface area (TPSA) is 145 Å². The number of ether oxygens (including phenoxy) is 4. The standard InChI is InChI=1S/C25H24F3NO6S.C24H25NO4/c1-33-24(30)16-10-11-17-19(14-16)29-12-13-34-23-18(22(29)21(17)15-6-3-2-4-7-15)8-5-9-20(23)35-36(31,32)25(26,27)28;1-28-24(27)16-10-11-17-19(14-16)25-12-13-29-23-18(8-5-9-20(23)26)22(25)21(17)15-6-3-2-4-7-15/h5,8-11,14-15H,2-4,6-7,12-13H2,1H3;5,8-11,14-15,26H,2-4,6-7,12-13H2,1H3. The van der Waals surface area contributed by atoms with Gasteiger partial charge in [-0.05, 0) is 97.2 Å². The fourth-order valence-electron chi connectivity index (χ4n) is 10.3. The monoisotopic (exact) mass is 914 g/mol. The summed E-state index contributed by atoms with van der Waals surface area (Å²) < 4.78 is 93.0. The molecule has 2 fully saturated rings. The number of phenolic OH excluding ortho intramolecular Hbond substituents is 1. The summed E-state index contributed by atoms with van der Waals surface area (Å²) >= 11 is 0. The molecule has 0 bridgehead atoms. The third kappa shape index (κ3) is 8.03. The number of carbonyl (C=O) groups is 2. The highest BCUT2D eigenvalue weighted by Gasteiger charge is 2.49. The van der Waals surface area contributed by atoms with Gasteiger partial charge in [-0.2, -0.15) is 21.6 Å². The van der Waals surface area contributed by atoms with Crippen LogP contribution in [0.4, 0.5) is 13.2 Å². The molecular formula is C49H49F3N2O10S. The number of halogens is 3. The molecule has 0 spiro atoms. The number of para-hydroxylation sites is 2. The largest absolute Gasteiger partial charge is 0.534 e. The maximum absolute atomic E-state index is 13.1. The maximum atomic E-state index is 13.1. The van der Waals surface area contributed by atoms with Gasteiger partial charge in [0.1, 0.15) is 13.2 Å². The lowest BCUT2D eigenvalue weighted by atomic mass is 9.81. The summed E-state index contributed by atoms with van der Waals surface area (Å²) in [4.78, 5) is 24.4. The Kier molecular flexibility index (Phi) is 12.0. The minimum absolute atomic E-state index is 0.0582. The van der Waals surface area contributed by atoms with Gasteiger partial charge in [-0.3, -0.25) is 0 Å². The van der Waals surface area contributed by atoms with E-state index in [-0.39, 0.29) is 30.0 Å². The van der Waals surface area contributed by atoms with E-state index >= 15 is 0 Å². The van der Waals surface area contributed by atoms with Crippen LogP contribution in [0.25, 0.3) is 44.3 Å². The van der Waals surface area contributed by atoms with E-state index in [1.807, 2.05) is 34.9 Å². The van der Waals surface area contributed by atoms with Crippen LogP contribution in [0.5, 0.6) is 23.0 Å². The van der Waals surface area contributed by atoms with Crippen LogP contribution in [0, 0.1) is 0 Å². The number of nitrogens with zero attached hydrogens (tertiary/aromatic N) is 2. The second-order valence-corrected chi connectivity index (χ2v) is 18.4. The molecular weight excluding hydrogens is 866 g/mol. The number of fused-ring (bicyclic) bond motifs is 10. The van der Waals surface area contributed by atoms with Crippen molar-refractivity contribution in [3.8, 4) is 45.5 Å². The number of aromatic nitrogens is 2. The van der Waals surface area contributed by atoms with E-state index in [0.29, 0.717) is 48.1 Å². The molecule has 2 saturated carbocycles. The third-order valence-corrected chi connectivity index (χ3v) is 14.1. The first kappa shape index (κ1) is 44.1. The lowest BCUT2D eigenvalue weighted by Gasteiger charge is -2.24. The van der Waals surface area contributed by atoms with Crippen molar-refractivity contribution in [1.82, 2.24) is 9.13 Å². The first-order valence-corrected chi connectivity index (χ1v) is 23.4. The molecule has 2 aliphatic carbocycles. The smallest absolute Gasteiger partial charge is 0.504 e. The van der Waals surface area contributed by atoms with E-state index in [1.165, 1.54) is 63.3 Å². The molecule has 2 aliphatic heterocycles. The zero-order valence-electron chi connectivity index (χ0n) is 36.0. The Labute approximate surface area is 373 Å². The van der Waals surface area contributed by atoms with Crippen LogP contribution in [0.1, 0.15) is 108 Å². The number of hydrogen-bond donors (Lipinski definition) is 1. The van der Waals surface area contributed by atoms with Crippen molar-refractivity contribution in [2.45, 2.75) is 94.6 Å². The number of esters is 2. The molecule has 1 N–H and O–H groups in total. The minimum Gasteiger partial charge on any atom is -0.504 e. The van der Waals surface area contributed by atoms with Crippen LogP contribution in [0.2, 0.25) is 0 Å². The molecule has 4 aliphatic rings. The first-order valence-electron chi connectivity index (χ1n) is 22.0. The van der Waals surface area contributed by atoms with Crippen molar-refractivity contribution < 1.29 is 59.4 Å². The average molecular weight is 915 g/mol. The molecule has 10 rings (SSSR count). The lowest BCUT2D eigenvalue weighted by Crippen LogP contribution is -2.28. The molecule has 342 valence electrons. The van der Waals surface area contributed by atoms with Gasteiger partial charge in [-0.1, -0.05) is 62.8 Å². The number of aromatic hydroxyl groups is 1. The second-order valence-electron chi connectivity index (χ2n) is 16.9. The highest BCUT2D eigenvalue weighted by Crippen LogP contribution is 2.51. The summed E-state index contributed by atoms with van der Waals surface area (Å²) in [5.74, 6) is 0.00103. The van der Waals surface area contributed by atoms with Crippen molar-refractivity contribution in [2.75, 3.05) is 27.4 Å². The van der Waals surface area contributed by atoms with Gasteiger partial charge in [0.05, 0.1) is 49.8 Å². The summed E-state index contributed by atoms with van der Waals surface area (Å²) in [6.45, 7) is 1.53. The number of phenols is 1. The molecule has 0 unspecified atom stereocenters. The zero-order valence-corrected chi connectivity index (χ0v) is 36.9. The van der Waals surface area contributed by atoms with Crippen molar-refractivity contribution in [3.63, 3.8) is 0 Å². The van der Waals surface area contributed by atoms with Gasteiger partial charge < -0.3 is 37.4 Å². The Bertz CT molecular complexity index is 2930. The van der Waals surface area contributed by atoms with Gasteiger partial charge in [0, 0.05) is 32.9 Å². The zero-order chi connectivity index (χ0) is 45.6. The molecule has 65 heavy (non-hydrogen) atoms. The number of methoxy groups -OCH3 is 2. The normalized spacial score (nSPS) is 16.6. The number of hydrogen-bond acceptors (Lipinski definition) is 10. The number of benzene rings is 4. The molecule has 4 heterocycles. The van der Waals surface area contributed by atoms with E-state index in [1.54, 1.807) is 24.3 Å². The lowest BCUT2D eigenvalue weighted by molar-refractivity contribution is -0.0500. The molecule has 0 radical (unpaired) electrons. The van der Waals surface area contributed by atoms with Gasteiger partial charge in [0.2, 0.25) is 0 Å². The summed E-state index contributed by atoms with van der Waals surface area (Å²) in [6, 6.07) is 21.0. The van der Waals surface area contributed by atoms with Crippen molar-refractivity contribution >= 4 is 43.9 Å². The fourth-order valence-corrected chi connectivity index (χ4v) is 10.8. The van der Waals surface area contributed by atoms with E-state index in [4.69, 9.17) is 18.9 Å². The SMILES string of the molecule is COC(=O)c1ccc2c(C3CCCCC3)c3n(c2c1)CCOc1c(O)cccc1-3.COC(=O)c1ccc2c(C3CCCCC3)c3n(c2c1)CCOc1c(OS(=O)(=O)C(F)(F)F)cccc1-3. The summed E-state index contributed by atoms with van der Waals surface area (Å²) in [5, 5.41) is 12.6. The van der Waals surface area contributed by atoms with Gasteiger partial charge in [0.15, 0.2) is 23.0 Å². The fraction of sp³-hybridized carbons (Fsp3) is 0.388. The van der Waals surface area contributed by atoms with Crippen LogP contribution in [0.3, 0.4) is 0 Å². The predicted octanol–water partition coefficient (Wildman–Crippen LogP) is 11.0. The van der Waals surface area contributed by atoms with Crippen LogP contribution in [0.15, 0.2) is 72.8 Å². The van der Waals surface area contributed by atoms with Gasteiger partial charge in [-0.15, -0.1) is 0 Å². The van der Waals surface area contributed by atoms with E-state index in [2.05, 4.69) is 14.8 Å². The molecule has 12 nitrogen and oxygen atoms in total. The predicted molar refractivity (Wildman–Crippen MR) is 237 cm³/mol. The van der Waals surface area contributed by atoms with Gasteiger partial charge in [-0.25, -0.2) is 9.59 Å². The number of alkyl halides is 3. The van der Waals surface area contributed by atoms with Gasteiger partial charge >= 0.3 is 27.6 Å². The molecule has 4 aromatic carbocycles. The Hall–Kier alpha value is -6.16. The maximum Gasteiger partial charge on any atom is 0.534 e. The van der Waals surface area contributed by atoms with Crippen LogP contribution < -0.4 is 13.7 Å². The third-order valence-electron chi connectivity index (χ3n) is 13.2. The van der Waals surface area contributed by atoms with E-state index < -0.39 is 27.3 Å². The van der Waals surface area contributed by atoms with E-state index in [9.17, 15) is 36.3 Å². The minimum atomic E-state index is -5.89. The van der Waals surface area contributed by atoms with E-state index in [0.717, 1.165) is 77.1 Å². The van der Waals surface area contributed by atoms with Crippen molar-refractivity contribution in [3.05, 3.63) is 95.1 Å². The van der Waals surface area contributed by atoms with Gasteiger partial charge in [0.25, 0.3) is 0 Å². The van der Waals surface area contributed by atoms with Crippen LogP contribution in [-0.4, -0.2) is 67.5 Å². The van der Waals surface area contributed by atoms with Crippen molar-refractivity contribution in [1.29, 1.82) is 0 Å². The van der Waals surface area contributed by atoms with Crippen LogP contribution in [-0.2, 0) is 32.7 Å². The first-order chi connectivity index (χ1) is 31.3. The summed E-state index contributed by atoms with van der Waals surface area (Å²) in [5.41, 5.74) is 2.74. The Morgan fingerprint density at radius 1 is 0.662 bits per heavy atom. The quantitative estimate of drug-likeness (QED) is 0.0974. The second kappa shape index (κ2) is 17.7. The van der Waals surface area contributed by atoms with Crippen molar-refractivity contribution in [2.24, 2.45) is 0 Å². The Balaban J connectivity index is 0.000000168. The van der Waals surface area contributed by atoms with Crippen LogP contribution >= 0.6 is 0 Å². The number of rotatable bonds is 6. The summed E-state index contributed by atoms with van der Waals surface area (Å²) in [6.07, 6.45) is 11.2. The molecule has 0 saturated heterocycles. The molecule has 0 atom stereocenters. The Morgan fingerprint density at radius 3 is 1.60 bits per heavy atom. The molecule has 6 aromatic rings.